The van der Waals surface area contributed by atoms with Crippen LogP contribution in [0.25, 0.3) is 10.8 Å². The van der Waals surface area contributed by atoms with Crippen molar-refractivity contribution in [3.05, 3.63) is 34.9 Å². The summed E-state index contributed by atoms with van der Waals surface area (Å²) in [6, 6.07) is 7.97. The van der Waals surface area contributed by atoms with Crippen LogP contribution in [-0.4, -0.2) is 22.3 Å². The van der Waals surface area contributed by atoms with Crippen molar-refractivity contribution in [2.75, 3.05) is 11.4 Å². The SMILES string of the molecule is O=C1CC(Br)CN1c1ncc(Br)c2ccccc12. The van der Waals surface area contributed by atoms with Crippen molar-refractivity contribution in [3.63, 3.8) is 0 Å². The molecule has 1 unspecified atom stereocenters. The molecule has 2 aromatic rings. The third-order valence-corrected chi connectivity index (χ3v) is 4.30. The van der Waals surface area contributed by atoms with E-state index in [1.807, 2.05) is 24.3 Å². The van der Waals surface area contributed by atoms with Gasteiger partial charge in [0, 0.05) is 39.2 Å². The van der Waals surface area contributed by atoms with E-state index >= 15 is 0 Å². The van der Waals surface area contributed by atoms with Crippen LogP contribution < -0.4 is 4.90 Å². The maximum absolute atomic E-state index is 12.0. The number of anilines is 1. The van der Waals surface area contributed by atoms with E-state index in [1.54, 1.807) is 11.1 Å². The molecule has 1 aromatic carbocycles. The second-order valence-corrected chi connectivity index (χ2v) is 6.43. The van der Waals surface area contributed by atoms with Gasteiger partial charge in [-0.15, -0.1) is 0 Å². The molecular formula is C13H10Br2N2O. The Balaban J connectivity index is 2.18. The third kappa shape index (κ3) is 1.95. The fourth-order valence-corrected chi connectivity index (χ4v) is 3.24. The van der Waals surface area contributed by atoms with Crippen molar-refractivity contribution in [3.8, 4) is 0 Å². The van der Waals surface area contributed by atoms with Gasteiger partial charge in [0.1, 0.15) is 5.82 Å². The monoisotopic (exact) mass is 368 g/mol. The Morgan fingerprint density at radius 1 is 1.28 bits per heavy atom. The molecule has 2 heterocycles. The molecule has 1 aliphatic heterocycles. The molecule has 18 heavy (non-hydrogen) atoms. The van der Waals surface area contributed by atoms with E-state index in [0.717, 1.165) is 21.1 Å². The molecule has 0 radical (unpaired) electrons. The summed E-state index contributed by atoms with van der Waals surface area (Å²) in [6.07, 6.45) is 2.29. The highest BCUT2D eigenvalue weighted by molar-refractivity contribution is 9.10. The number of hydrogen-bond donors (Lipinski definition) is 0. The molecule has 3 rings (SSSR count). The first-order valence-corrected chi connectivity index (χ1v) is 7.35. The zero-order valence-electron chi connectivity index (χ0n) is 9.44. The number of rotatable bonds is 1. The van der Waals surface area contributed by atoms with E-state index in [9.17, 15) is 4.79 Å². The molecule has 0 saturated carbocycles. The molecule has 0 N–H and O–H groups in total. The van der Waals surface area contributed by atoms with Gasteiger partial charge in [-0.05, 0) is 15.9 Å². The van der Waals surface area contributed by atoms with Crippen molar-refractivity contribution in [2.45, 2.75) is 11.2 Å². The van der Waals surface area contributed by atoms with Crippen LogP contribution in [0, 0.1) is 0 Å². The van der Waals surface area contributed by atoms with Crippen molar-refractivity contribution in [1.82, 2.24) is 4.98 Å². The topological polar surface area (TPSA) is 33.2 Å². The Bertz CT molecular complexity index is 629. The minimum absolute atomic E-state index is 0.122. The standard InChI is InChI=1S/C13H10Br2N2O/c14-8-5-12(18)17(7-8)13-10-4-2-1-3-9(10)11(15)6-16-13/h1-4,6,8H,5,7H2. The van der Waals surface area contributed by atoms with Gasteiger partial charge in [-0.3, -0.25) is 9.69 Å². The number of halogens is 2. The molecule has 1 saturated heterocycles. The van der Waals surface area contributed by atoms with Crippen LogP contribution in [0.5, 0.6) is 0 Å². The van der Waals surface area contributed by atoms with E-state index in [-0.39, 0.29) is 10.7 Å². The summed E-state index contributed by atoms with van der Waals surface area (Å²) >= 11 is 6.99. The van der Waals surface area contributed by atoms with Crippen molar-refractivity contribution in [1.29, 1.82) is 0 Å². The minimum Gasteiger partial charge on any atom is -0.295 e. The molecule has 1 atom stereocenters. The van der Waals surface area contributed by atoms with E-state index in [1.165, 1.54) is 0 Å². The second kappa shape index (κ2) is 4.63. The number of benzene rings is 1. The molecule has 5 heteroatoms. The summed E-state index contributed by atoms with van der Waals surface area (Å²) < 4.78 is 0.948. The maximum atomic E-state index is 12.0. The fraction of sp³-hybridized carbons (Fsp3) is 0.231. The van der Waals surface area contributed by atoms with Gasteiger partial charge >= 0.3 is 0 Å². The maximum Gasteiger partial charge on any atom is 0.229 e. The number of aromatic nitrogens is 1. The molecule has 0 bridgehead atoms. The summed E-state index contributed by atoms with van der Waals surface area (Å²) in [4.78, 5) is 18.3. The number of pyridine rings is 1. The Morgan fingerprint density at radius 2 is 2.00 bits per heavy atom. The largest absolute Gasteiger partial charge is 0.295 e. The Labute approximate surface area is 121 Å². The smallest absolute Gasteiger partial charge is 0.229 e. The van der Waals surface area contributed by atoms with Crippen molar-refractivity contribution >= 4 is 54.4 Å². The molecule has 1 aromatic heterocycles. The molecule has 1 aliphatic rings. The van der Waals surface area contributed by atoms with Gasteiger partial charge in [-0.2, -0.15) is 0 Å². The Hall–Kier alpha value is -0.940. The van der Waals surface area contributed by atoms with Gasteiger partial charge in [0.25, 0.3) is 0 Å². The fourth-order valence-electron chi connectivity index (χ4n) is 2.23. The number of hydrogen-bond acceptors (Lipinski definition) is 2. The van der Waals surface area contributed by atoms with E-state index in [4.69, 9.17) is 0 Å². The number of nitrogens with zero attached hydrogens (tertiary/aromatic N) is 2. The highest BCUT2D eigenvalue weighted by atomic mass is 79.9. The molecule has 1 fully saturated rings. The van der Waals surface area contributed by atoms with Crippen LogP contribution in [0.15, 0.2) is 34.9 Å². The van der Waals surface area contributed by atoms with Gasteiger partial charge in [0.2, 0.25) is 5.91 Å². The second-order valence-electron chi connectivity index (χ2n) is 4.28. The van der Waals surface area contributed by atoms with Gasteiger partial charge in [-0.1, -0.05) is 40.2 Å². The zero-order chi connectivity index (χ0) is 12.7. The predicted octanol–water partition coefficient (Wildman–Crippen LogP) is 3.50. The van der Waals surface area contributed by atoms with Crippen LogP contribution in [0.2, 0.25) is 0 Å². The molecule has 0 spiro atoms. The van der Waals surface area contributed by atoms with Crippen LogP contribution >= 0.6 is 31.9 Å². The summed E-state index contributed by atoms with van der Waals surface area (Å²) in [7, 11) is 0. The molecule has 1 amide bonds. The quantitative estimate of drug-likeness (QED) is 0.721. The van der Waals surface area contributed by atoms with Gasteiger partial charge in [0.05, 0.1) is 0 Å². The first-order chi connectivity index (χ1) is 8.66. The normalized spacial score (nSPS) is 19.8. The summed E-state index contributed by atoms with van der Waals surface area (Å²) in [5.74, 6) is 0.873. The zero-order valence-corrected chi connectivity index (χ0v) is 12.6. The molecule has 0 aliphatic carbocycles. The number of carbonyl (C=O) groups is 1. The lowest BCUT2D eigenvalue weighted by atomic mass is 10.1. The van der Waals surface area contributed by atoms with E-state index < -0.39 is 0 Å². The van der Waals surface area contributed by atoms with E-state index in [2.05, 4.69) is 36.8 Å². The Morgan fingerprint density at radius 3 is 2.67 bits per heavy atom. The lowest BCUT2D eigenvalue weighted by Crippen LogP contribution is -2.25. The summed E-state index contributed by atoms with van der Waals surface area (Å²) in [6.45, 7) is 0.678. The number of fused-ring (bicyclic) bond motifs is 1. The van der Waals surface area contributed by atoms with E-state index in [0.29, 0.717) is 13.0 Å². The van der Waals surface area contributed by atoms with Gasteiger partial charge in [0.15, 0.2) is 0 Å². The lowest BCUT2D eigenvalue weighted by molar-refractivity contribution is -0.117. The van der Waals surface area contributed by atoms with Crippen LogP contribution in [0.1, 0.15) is 6.42 Å². The van der Waals surface area contributed by atoms with Crippen LogP contribution in [0.4, 0.5) is 5.82 Å². The predicted molar refractivity (Wildman–Crippen MR) is 79.1 cm³/mol. The van der Waals surface area contributed by atoms with Crippen molar-refractivity contribution < 1.29 is 4.79 Å². The average molecular weight is 370 g/mol. The highest BCUT2D eigenvalue weighted by Crippen LogP contribution is 2.33. The van der Waals surface area contributed by atoms with Gasteiger partial charge < -0.3 is 0 Å². The van der Waals surface area contributed by atoms with Crippen LogP contribution in [-0.2, 0) is 4.79 Å². The first-order valence-electron chi connectivity index (χ1n) is 5.64. The summed E-state index contributed by atoms with van der Waals surface area (Å²) in [5, 5.41) is 2.08. The summed E-state index contributed by atoms with van der Waals surface area (Å²) in [5.41, 5.74) is 0. The first kappa shape index (κ1) is 12.1. The number of alkyl halides is 1. The van der Waals surface area contributed by atoms with Crippen LogP contribution in [0.3, 0.4) is 0 Å². The molecule has 92 valence electrons. The van der Waals surface area contributed by atoms with Crippen molar-refractivity contribution in [2.24, 2.45) is 0 Å². The number of amides is 1. The third-order valence-electron chi connectivity index (χ3n) is 3.06. The van der Waals surface area contributed by atoms with Gasteiger partial charge in [-0.25, -0.2) is 4.98 Å². The minimum atomic E-state index is 0.122. The lowest BCUT2D eigenvalue weighted by Gasteiger charge is -2.17. The Kier molecular flexibility index (Phi) is 3.11. The molecular weight excluding hydrogens is 360 g/mol. The number of carbonyl (C=O) groups excluding carboxylic acids is 1. The average Bonchev–Trinajstić information content (AvgIpc) is 2.69. The molecule has 3 nitrogen and oxygen atoms in total. The highest BCUT2D eigenvalue weighted by Gasteiger charge is 2.30.